The Hall–Kier alpha value is -2.11. The molecule has 0 aliphatic carbocycles. The summed E-state index contributed by atoms with van der Waals surface area (Å²) in [6.45, 7) is 8.65. The summed E-state index contributed by atoms with van der Waals surface area (Å²) >= 11 is 0. The van der Waals surface area contributed by atoms with Crippen molar-refractivity contribution in [2.75, 3.05) is 0 Å². The van der Waals surface area contributed by atoms with Crippen molar-refractivity contribution in [1.29, 1.82) is 0 Å². The number of rotatable bonds is 4. The molecule has 0 spiro atoms. The fourth-order valence-electron chi connectivity index (χ4n) is 2.29. The molecule has 0 radical (unpaired) electrons. The Morgan fingerprint density at radius 1 is 1.40 bits per heavy atom. The Bertz CT molecular complexity index is 626. The van der Waals surface area contributed by atoms with Gasteiger partial charge < -0.3 is 5.32 Å². The van der Waals surface area contributed by atoms with Gasteiger partial charge >= 0.3 is 0 Å². The SMILES string of the molecule is CCn1cc(C(C)NC(=O)c2cc(C)nn2C)c(C)n1. The van der Waals surface area contributed by atoms with Crippen LogP contribution in [0.5, 0.6) is 0 Å². The lowest BCUT2D eigenvalue weighted by Gasteiger charge is -2.13. The Kier molecular flexibility index (Phi) is 3.92. The lowest BCUT2D eigenvalue weighted by atomic mass is 10.1. The van der Waals surface area contributed by atoms with E-state index >= 15 is 0 Å². The van der Waals surface area contributed by atoms with Crippen LogP contribution in [0.15, 0.2) is 12.3 Å². The Morgan fingerprint density at radius 2 is 2.10 bits per heavy atom. The minimum atomic E-state index is -0.121. The van der Waals surface area contributed by atoms with Crippen molar-refractivity contribution in [2.45, 2.75) is 40.3 Å². The molecule has 0 saturated heterocycles. The van der Waals surface area contributed by atoms with Gasteiger partial charge in [0.25, 0.3) is 5.91 Å². The van der Waals surface area contributed by atoms with Crippen LogP contribution in [-0.4, -0.2) is 25.5 Å². The fraction of sp³-hybridized carbons (Fsp3) is 0.500. The third-order valence-corrected chi connectivity index (χ3v) is 3.36. The summed E-state index contributed by atoms with van der Waals surface area (Å²) in [6, 6.07) is 1.70. The summed E-state index contributed by atoms with van der Waals surface area (Å²) in [5, 5.41) is 11.6. The van der Waals surface area contributed by atoms with Crippen molar-refractivity contribution in [3.8, 4) is 0 Å². The minimum absolute atomic E-state index is 0.0852. The normalized spacial score (nSPS) is 12.4. The minimum Gasteiger partial charge on any atom is -0.344 e. The number of nitrogens with zero attached hydrogens (tertiary/aromatic N) is 4. The van der Waals surface area contributed by atoms with Crippen LogP contribution >= 0.6 is 0 Å². The van der Waals surface area contributed by atoms with Crippen LogP contribution in [0.2, 0.25) is 0 Å². The molecular formula is C14H21N5O. The van der Waals surface area contributed by atoms with E-state index in [1.54, 1.807) is 17.8 Å². The number of carbonyl (C=O) groups is 1. The summed E-state index contributed by atoms with van der Waals surface area (Å²) < 4.78 is 3.47. The van der Waals surface area contributed by atoms with Gasteiger partial charge in [-0.25, -0.2) is 0 Å². The second-order valence-corrected chi connectivity index (χ2v) is 5.02. The molecule has 0 fully saturated rings. The van der Waals surface area contributed by atoms with Gasteiger partial charge in [0.2, 0.25) is 0 Å². The zero-order valence-corrected chi connectivity index (χ0v) is 12.6. The maximum absolute atomic E-state index is 12.3. The van der Waals surface area contributed by atoms with Gasteiger partial charge in [-0.05, 0) is 33.8 Å². The van der Waals surface area contributed by atoms with Crippen molar-refractivity contribution in [3.63, 3.8) is 0 Å². The summed E-state index contributed by atoms with van der Waals surface area (Å²) in [4.78, 5) is 12.3. The molecule has 0 bridgehead atoms. The molecule has 0 aromatic carbocycles. The predicted molar refractivity (Wildman–Crippen MR) is 76.5 cm³/mol. The van der Waals surface area contributed by atoms with E-state index in [0.29, 0.717) is 5.69 Å². The Balaban J connectivity index is 2.14. The number of aryl methyl sites for hydroxylation is 4. The molecule has 1 atom stereocenters. The number of aromatic nitrogens is 4. The highest BCUT2D eigenvalue weighted by atomic mass is 16.2. The molecule has 2 heterocycles. The first-order valence-electron chi connectivity index (χ1n) is 6.77. The second-order valence-electron chi connectivity index (χ2n) is 5.02. The van der Waals surface area contributed by atoms with E-state index in [9.17, 15) is 4.79 Å². The first kappa shape index (κ1) is 14.3. The number of amides is 1. The van der Waals surface area contributed by atoms with Gasteiger partial charge in [-0.1, -0.05) is 0 Å². The van der Waals surface area contributed by atoms with Crippen LogP contribution in [-0.2, 0) is 13.6 Å². The Labute approximate surface area is 118 Å². The summed E-state index contributed by atoms with van der Waals surface area (Å²) in [7, 11) is 1.77. The van der Waals surface area contributed by atoms with E-state index in [0.717, 1.165) is 23.5 Å². The van der Waals surface area contributed by atoms with E-state index in [-0.39, 0.29) is 11.9 Å². The number of hydrogen-bond acceptors (Lipinski definition) is 3. The smallest absolute Gasteiger partial charge is 0.270 e. The molecule has 108 valence electrons. The van der Waals surface area contributed by atoms with Crippen molar-refractivity contribution >= 4 is 5.91 Å². The molecule has 0 aliphatic heterocycles. The topological polar surface area (TPSA) is 64.7 Å². The fourth-order valence-corrected chi connectivity index (χ4v) is 2.29. The van der Waals surface area contributed by atoms with Gasteiger partial charge in [0, 0.05) is 25.4 Å². The maximum atomic E-state index is 12.3. The van der Waals surface area contributed by atoms with Crippen molar-refractivity contribution in [2.24, 2.45) is 7.05 Å². The predicted octanol–water partition coefficient (Wildman–Crippen LogP) is 1.74. The van der Waals surface area contributed by atoms with E-state index in [1.807, 2.05) is 38.6 Å². The third kappa shape index (κ3) is 2.74. The number of nitrogens with one attached hydrogen (secondary N) is 1. The van der Waals surface area contributed by atoms with Gasteiger partial charge in [0.05, 0.1) is 17.4 Å². The number of hydrogen-bond donors (Lipinski definition) is 1. The first-order chi connectivity index (χ1) is 9.42. The molecule has 20 heavy (non-hydrogen) atoms. The molecule has 0 aliphatic rings. The monoisotopic (exact) mass is 275 g/mol. The molecule has 1 unspecified atom stereocenters. The van der Waals surface area contributed by atoms with Gasteiger partial charge in [-0.2, -0.15) is 10.2 Å². The van der Waals surface area contributed by atoms with Crippen LogP contribution in [0.25, 0.3) is 0 Å². The summed E-state index contributed by atoms with van der Waals surface area (Å²) in [5.41, 5.74) is 3.38. The summed E-state index contributed by atoms with van der Waals surface area (Å²) in [5.74, 6) is -0.121. The second kappa shape index (κ2) is 5.48. The van der Waals surface area contributed by atoms with Gasteiger partial charge in [-0.3, -0.25) is 14.2 Å². The van der Waals surface area contributed by atoms with Crippen LogP contribution in [0, 0.1) is 13.8 Å². The average molecular weight is 275 g/mol. The third-order valence-electron chi connectivity index (χ3n) is 3.36. The Morgan fingerprint density at radius 3 is 2.60 bits per heavy atom. The van der Waals surface area contributed by atoms with Crippen LogP contribution in [0.1, 0.15) is 47.3 Å². The van der Waals surface area contributed by atoms with Gasteiger partial charge in [0.15, 0.2) is 0 Å². The zero-order valence-electron chi connectivity index (χ0n) is 12.6. The maximum Gasteiger partial charge on any atom is 0.270 e. The van der Waals surface area contributed by atoms with Crippen LogP contribution in [0.3, 0.4) is 0 Å². The van der Waals surface area contributed by atoms with Gasteiger partial charge in [-0.15, -0.1) is 0 Å². The lowest BCUT2D eigenvalue weighted by molar-refractivity contribution is 0.0930. The highest BCUT2D eigenvalue weighted by Crippen LogP contribution is 2.16. The van der Waals surface area contributed by atoms with E-state index in [1.165, 1.54) is 0 Å². The summed E-state index contributed by atoms with van der Waals surface area (Å²) in [6.07, 6.45) is 1.98. The molecule has 2 rings (SSSR count). The standard InChI is InChI=1S/C14H21N5O/c1-6-19-8-12(11(4)17-19)10(3)15-14(20)13-7-9(2)16-18(13)5/h7-8,10H,6H2,1-5H3,(H,15,20). The van der Waals surface area contributed by atoms with Crippen LogP contribution < -0.4 is 5.32 Å². The molecule has 6 heteroatoms. The highest BCUT2D eigenvalue weighted by Gasteiger charge is 2.18. The van der Waals surface area contributed by atoms with Crippen molar-refractivity contribution in [3.05, 3.63) is 34.9 Å². The first-order valence-corrected chi connectivity index (χ1v) is 6.77. The average Bonchev–Trinajstić information content (AvgIpc) is 2.91. The largest absolute Gasteiger partial charge is 0.344 e. The van der Waals surface area contributed by atoms with Gasteiger partial charge in [0.1, 0.15) is 5.69 Å². The quantitative estimate of drug-likeness (QED) is 0.924. The van der Waals surface area contributed by atoms with E-state index in [4.69, 9.17) is 0 Å². The van der Waals surface area contributed by atoms with E-state index in [2.05, 4.69) is 15.5 Å². The van der Waals surface area contributed by atoms with E-state index < -0.39 is 0 Å². The molecular weight excluding hydrogens is 254 g/mol. The number of carbonyl (C=O) groups excluding carboxylic acids is 1. The molecule has 2 aromatic rings. The molecule has 1 N–H and O–H groups in total. The van der Waals surface area contributed by atoms with Crippen molar-refractivity contribution < 1.29 is 4.79 Å². The highest BCUT2D eigenvalue weighted by molar-refractivity contribution is 5.92. The molecule has 0 saturated carbocycles. The molecule has 1 amide bonds. The molecule has 6 nitrogen and oxygen atoms in total. The van der Waals surface area contributed by atoms with Crippen molar-refractivity contribution in [1.82, 2.24) is 24.9 Å². The lowest BCUT2D eigenvalue weighted by Crippen LogP contribution is -2.28. The zero-order chi connectivity index (χ0) is 14.9. The van der Waals surface area contributed by atoms with Crippen LogP contribution in [0.4, 0.5) is 0 Å². The molecule has 2 aromatic heterocycles.